The summed E-state index contributed by atoms with van der Waals surface area (Å²) in [6, 6.07) is 10.0. The average molecular weight is 300 g/mol. The number of hydrogen-bond donors (Lipinski definition) is 1. The fraction of sp³-hybridized carbons (Fsp3) is 0.250. The molecule has 1 aromatic heterocycles. The van der Waals surface area contributed by atoms with Gasteiger partial charge in [0, 0.05) is 30.2 Å². The minimum Gasteiger partial charge on any atom is -0.480 e. The van der Waals surface area contributed by atoms with Gasteiger partial charge in [0.2, 0.25) is 0 Å². The van der Waals surface area contributed by atoms with E-state index >= 15 is 0 Å². The number of carboxylic acid groups (broad SMARTS) is 1. The van der Waals surface area contributed by atoms with E-state index in [1.165, 1.54) is 4.90 Å². The van der Waals surface area contributed by atoms with Crippen molar-refractivity contribution < 1.29 is 19.4 Å². The van der Waals surface area contributed by atoms with Crippen molar-refractivity contribution in [2.24, 2.45) is 0 Å². The molecule has 0 bridgehead atoms. The lowest BCUT2D eigenvalue weighted by molar-refractivity contribution is -0.147. The molecule has 1 aliphatic heterocycles. The molecule has 0 radical (unpaired) electrons. The fourth-order valence-corrected chi connectivity index (χ4v) is 2.52. The number of benzene rings is 1. The molecule has 0 aliphatic carbocycles. The van der Waals surface area contributed by atoms with E-state index in [-0.39, 0.29) is 19.1 Å². The number of morpholine rings is 1. The zero-order valence-corrected chi connectivity index (χ0v) is 11.9. The summed E-state index contributed by atoms with van der Waals surface area (Å²) in [5.41, 5.74) is 1.33. The van der Waals surface area contributed by atoms with Crippen LogP contribution >= 0.6 is 0 Å². The topological polar surface area (TPSA) is 71.8 Å². The largest absolute Gasteiger partial charge is 0.480 e. The van der Waals surface area contributed by atoms with Gasteiger partial charge in [-0.25, -0.2) is 4.79 Å². The van der Waals surface area contributed by atoms with Crippen molar-refractivity contribution >= 4 is 11.9 Å². The lowest BCUT2D eigenvalue weighted by atomic mass is 10.1. The third kappa shape index (κ3) is 2.73. The molecule has 1 fully saturated rings. The van der Waals surface area contributed by atoms with Crippen molar-refractivity contribution in [3.05, 3.63) is 54.4 Å². The predicted octanol–water partition coefficient (Wildman–Crippen LogP) is 1.40. The molecule has 114 valence electrons. The monoisotopic (exact) mass is 300 g/mol. The molecule has 1 aliphatic rings. The van der Waals surface area contributed by atoms with Crippen LogP contribution in [0.1, 0.15) is 10.4 Å². The molecule has 2 aromatic rings. The molecule has 1 amide bonds. The van der Waals surface area contributed by atoms with Gasteiger partial charge in [-0.05, 0) is 30.3 Å². The summed E-state index contributed by atoms with van der Waals surface area (Å²) in [6.45, 7) is 0.661. The lowest BCUT2D eigenvalue weighted by Crippen LogP contribution is -2.52. The number of ether oxygens (including phenoxy) is 1. The Kier molecular flexibility index (Phi) is 3.93. The Bertz CT molecular complexity index is 681. The summed E-state index contributed by atoms with van der Waals surface area (Å²) in [5.74, 6) is -1.33. The highest BCUT2D eigenvalue weighted by molar-refractivity contribution is 5.97. The standard InChI is InChI=1S/C16H16N2O4/c19-15(18-8-9-22-11-14(18)16(20)21)12-4-3-5-13(10-12)17-6-1-2-7-17/h1-7,10,14H,8-9,11H2,(H,20,21)/t14-/m1/s1. The third-order valence-corrected chi connectivity index (χ3v) is 3.67. The Labute approximate surface area is 127 Å². The van der Waals surface area contributed by atoms with Crippen molar-refractivity contribution in [3.63, 3.8) is 0 Å². The van der Waals surface area contributed by atoms with Crippen molar-refractivity contribution in [2.45, 2.75) is 6.04 Å². The highest BCUT2D eigenvalue weighted by Gasteiger charge is 2.33. The smallest absolute Gasteiger partial charge is 0.328 e. The zero-order valence-electron chi connectivity index (χ0n) is 11.9. The Morgan fingerprint density at radius 3 is 2.68 bits per heavy atom. The van der Waals surface area contributed by atoms with Crippen LogP contribution in [-0.4, -0.2) is 52.3 Å². The number of carbonyl (C=O) groups excluding carboxylic acids is 1. The van der Waals surface area contributed by atoms with Crippen molar-refractivity contribution in [3.8, 4) is 5.69 Å². The molecule has 1 aromatic carbocycles. The van der Waals surface area contributed by atoms with Gasteiger partial charge in [-0.1, -0.05) is 6.07 Å². The Morgan fingerprint density at radius 1 is 1.18 bits per heavy atom. The second-order valence-electron chi connectivity index (χ2n) is 5.07. The molecule has 6 nitrogen and oxygen atoms in total. The van der Waals surface area contributed by atoms with Crippen molar-refractivity contribution in [2.75, 3.05) is 19.8 Å². The number of nitrogens with zero attached hydrogens (tertiary/aromatic N) is 2. The van der Waals surface area contributed by atoms with Crippen LogP contribution in [0.2, 0.25) is 0 Å². The van der Waals surface area contributed by atoms with Crippen LogP contribution in [0.4, 0.5) is 0 Å². The maximum Gasteiger partial charge on any atom is 0.328 e. The minimum absolute atomic E-state index is 0.0262. The van der Waals surface area contributed by atoms with E-state index in [0.29, 0.717) is 12.2 Å². The minimum atomic E-state index is -1.05. The van der Waals surface area contributed by atoms with E-state index in [1.807, 2.05) is 35.2 Å². The molecule has 6 heteroatoms. The van der Waals surface area contributed by atoms with Crippen molar-refractivity contribution in [1.82, 2.24) is 9.47 Å². The van der Waals surface area contributed by atoms with Crippen LogP contribution in [0.25, 0.3) is 5.69 Å². The molecule has 0 saturated carbocycles. The molecule has 0 unspecified atom stereocenters. The highest BCUT2D eigenvalue weighted by Crippen LogP contribution is 2.16. The third-order valence-electron chi connectivity index (χ3n) is 3.67. The molecule has 3 rings (SSSR count). The van der Waals surface area contributed by atoms with Crippen LogP contribution in [-0.2, 0) is 9.53 Å². The van der Waals surface area contributed by atoms with Crippen LogP contribution in [0.3, 0.4) is 0 Å². The van der Waals surface area contributed by atoms with E-state index in [1.54, 1.807) is 18.2 Å². The molecule has 0 spiro atoms. The molecule has 1 atom stereocenters. The van der Waals surface area contributed by atoms with Gasteiger partial charge in [-0.3, -0.25) is 4.79 Å². The van der Waals surface area contributed by atoms with Gasteiger partial charge < -0.3 is 19.3 Å². The summed E-state index contributed by atoms with van der Waals surface area (Å²) >= 11 is 0. The highest BCUT2D eigenvalue weighted by atomic mass is 16.5. The van der Waals surface area contributed by atoms with E-state index < -0.39 is 12.0 Å². The van der Waals surface area contributed by atoms with Gasteiger partial charge in [-0.15, -0.1) is 0 Å². The summed E-state index contributed by atoms with van der Waals surface area (Å²) in [6.07, 6.45) is 3.77. The summed E-state index contributed by atoms with van der Waals surface area (Å²) in [4.78, 5) is 25.3. The predicted molar refractivity (Wildman–Crippen MR) is 79.0 cm³/mol. The van der Waals surface area contributed by atoms with Crippen LogP contribution in [0.5, 0.6) is 0 Å². The van der Waals surface area contributed by atoms with Crippen molar-refractivity contribution in [1.29, 1.82) is 0 Å². The van der Waals surface area contributed by atoms with Gasteiger partial charge in [-0.2, -0.15) is 0 Å². The van der Waals surface area contributed by atoms with Gasteiger partial charge in [0.05, 0.1) is 13.2 Å². The van der Waals surface area contributed by atoms with Gasteiger partial charge >= 0.3 is 5.97 Å². The number of carboxylic acids is 1. The van der Waals surface area contributed by atoms with Crippen LogP contribution in [0, 0.1) is 0 Å². The first-order chi connectivity index (χ1) is 10.7. The van der Waals surface area contributed by atoms with E-state index in [0.717, 1.165) is 5.69 Å². The molecule has 2 heterocycles. The molecular formula is C16H16N2O4. The first-order valence-corrected chi connectivity index (χ1v) is 7.02. The number of carbonyl (C=O) groups is 2. The van der Waals surface area contributed by atoms with Crippen LogP contribution < -0.4 is 0 Å². The second-order valence-corrected chi connectivity index (χ2v) is 5.07. The first-order valence-electron chi connectivity index (χ1n) is 7.02. The maximum absolute atomic E-state index is 12.6. The molecular weight excluding hydrogens is 284 g/mol. The zero-order chi connectivity index (χ0) is 15.5. The number of aliphatic carboxylic acids is 1. The molecule has 1 saturated heterocycles. The number of amides is 1. The van der Waals surface area contributed by atoms with Crippen LogP contribution in [0.15, 0.2) is 48.8 Å². The number of rotatable bonds is 3. The number of aromatic nitrogens is 1. The van der Waals surface area contributed by atoms with Gasteiger partial charge in [0.15, 0.2) is 6.04 Å². The Balaban J connectivity index is 1.88. The summed E-state index contributed by atoms with van der Waals surface area (Å²) < 4.78 is 7.06. The van der Waals surface area contributed by atoms with Gasteiger partial charge in [0.25, 0.3) is 5.91 Å². The Hall–Kier alpha value is -2.60. The quantitative estimate of drug-likeness (QED) is 0.930. The SMILES string of the molecule is O=C(O)[C@H]1COCCN1C(=O)c1cccc(-n2cccc2)c1. The van der Waals surface area contributed by atoms with E-state index in [4.69, 9.17) is 4.74 Å². The lowest BCUT2D eigenvalue weighted by Gasteiger charge is -2.33. The maximum atomic E-state index is 12.6. The Morgan fingerprint density at radius 2 is 1.95 bits per heavy atom. The van der Waals surface area contributed by atoms with E-state index in [2.05, 4.69) is 0 Å². The summed E-state index contributed by atoms with van der Waals surface area (Å²) in [7, 11) is 0. The fourth-order valence-electron chi connectivity index (χ4n) is 2.52. The normalized spacial score (nSPS) is 18.2. The van der Waals surface area contributed by atoms with Gasteiger partial charge in [0.1, 0.15) is 0 Å². The van der Waals surface area contributed by atoms with E-state index in [9.17, 15) is 14.7 Å². The second kappa shape index (κ2) is 6.03. The number of hydrogen-bond acceptors (Lipinski definition) is 3. The molecule has 22 heavy (non-hydrogen) atoms. The summed E-state index contributed by atoms with van der Waals surface area (Å²) in [5, 5.41) is 9.23. The molecule has 1 N–H and O–H groups in total. The average Bonchev–Trinajstić information content (AvgIpc) is 3.09. The first kappa shape index (κ1) is 14.3.